The fourth-order valence-electron chi connectivity index (χ4n) is 6.97. The highest BCUT2D eigenvalue weighted by Crippen LogP contribution is 2.50. The summed E-state index contributed by atoms with van der Waals surface area (Å²) in [4.78, 5) is 24.1. The molecule has 47 heavy (non-hydrogen) atoms. The van der Waals surface area contributed by atoms with Crippen LogP contribution in [0.15, 0.2) is 31.1 Å². The number of ether oxygens (including phenoxy) is 3. The number of anilines is 1. The molecule has 0 aromatic carbocycles. The van der Waals surface area contributed by atoms with Gasteiger partial charge < -0.3 is 19.1 Å². The number of methoxy groups -OCH3 is 1. The molecule has 11 heteroatoms. The Bertz CT molecular complexity index is 1530. The summed E-state index contributed by atoms with van der Waals surface area (Å²) < 4.78 is 19.7. The lowest BCUT2D eigenvalue weighted by Crippen LogP contribution is -2.34. The molecule has 0 saturated heterocycles. The summed E-state index contributed by atoms with van der Waals surface area (Å²) in [6.45, 7) is 23.0. The van der Waals surface area contributed by atoms with E-state index in [9.17, 15) is 4.79 Å². The number of pyridine rings is 1. The third-order valence-corrected chi connectivity index (χ3v) is 13.0. The molecule has 5 rings (SSSR count). The van der Waals surface area contributed by atoms with E-state index >= 15 is 0 Å². The first-order chi connectivity index (χ1) is 22.2. The van der Waals surface area contributed by atoms with E-state index in [0.29, 0.717) is 32.6 Å². The van der Waals surface area contributed by atoms with Gasteiger partial charge in [0.25, 0.3) is 0 Å². The van der Waals surface area contributed by atoms with Crippen molar-refractivity contribution < 1.29 is 19.0 Å². The summed E-state index contributed by atoms with van der Waals surface area (Å²) in [7, 11) is -1.17. The Morgan fingerprint density at radius 1 is 0.957 bits per heavy atom. The summed E-state index contributed by atoms with van der Waals surface area (Å²) in [5, 5.41) is 4.95. The number of nitrogens with zero attached hydrogens (tertiary/aromatic N) is 5. The van der Waals surface area contributed by atoms with Crippen molar-refractivity contribution >= 4 is 39.2 Å². The van der Waals surface area contributed by atoms with E-state index in [0.717, 1.165) is 76.2 Å². The second-order valence-corrected chi connectivity index (χ2v) is 27.4. The van der Waals surface area contributed by atoms with Gasteiger partial charge >= 0.3 is 5.97 Å². The van der Waals surface area contributed by atoms with E-state index in [4.69, 9.17) is 24.3 Å². The summed E-state index contributed by atoms with van der Waals surface area (Å²) in [6, 6.07) is 5.76. The molecule has 3 atom stereocenters. The first-order valence-corrected chi connectivity index (χ1v) is 24.7. The van der Waals surface area contributed by atoms with E-state index < -0.39 is 22.1 Å². The number of esters is 1. The molecule has 256 valence electrons. The van der Waals surface area contributed by atoms with Crippen molar-refractivity contribution in [3.8, 4) is 11.1 Å². The molecule has 0 radical (unpaired) electrons. The maximum absolute atomic E-state index is 12.1. The molecule has 2 saturated carbocycles. The molecule has 2 aliphatic rings. The molecular weight excluding hydrogens is 623 g/mol. The SMILES string of the molecule is C=C(C)c1c(C2C[C@H]3CC[C@@H](C2)C3)nc2c(-c3ccc(C(=O)OC)nc3)cnn2c1N(COCC[Si](C)(C)C)COCC[Si](C)(C)C. The third kappa shape index (κ3) is 8.79. The largest absolute Gasteiger partial charge is 0.464 e. The normalized spacial score (nSPS) is 19.7. The Kier molecular flexibility index (Phi) is 11.1. The van der Waals surface area contributed by atoms with Crippen LogP contribution in [-0.2, 0) is 14.2 Å². The van der Waals surface area contributed by atoms with Crippen LogP contribution in [0.3, 0.4) is 0 Å². The van der Waals surface area contributed by atoms with Crippen molar-refractivity contribution in [1.29, 1.82) is 0 Å². The fraction of sp³-hybridized carbons (Fsp3) is 0.611. The molecule has 0 aliphatic heterocycles. The van der Waals surface area contributed by atoms with Gasteiger partial charge in [0.15, 0.2) is 5.65 Å². The number of allylic oxidation sites excluding steroid dienone is 1. The molecule has 0 amide bonds. The number of carbonyl (C=O) groups is 1. The van der Waals surface area contributed by atoms with Crippen LogP contribution in [0.25, 0.3) is 22.3 Å². The first kappa shape index (κ1) is 35.4. The highest BCUT2D eigenvalue weighted by atomic mass is 28.3. The van der Waals surface area contributed by atoms with Gasteiger partial charge in [0.05, 0.1) is 19.0 Å². The van der Waals surface area contributed by atoms with Crippen molar-refractivity contribution in [2.24, 2.45) is 11.8 Å². The van der Waals surface area contributed by atoms with Gasteiger partial charge in [-0.2, -0.15) is 9.61 Å². The zero-order valence-electron chi connectivity index (χ0n) is 29.9. The first-order valence-electron chi connectivity index (χ1n) is 17.3. The smallest absolute Gasteiger partial charge is 0.356 e. The van der Waals surface area contributed by atoms with E-state index in [1.165, 1.54) is 26.4 Å². The number of hydrogen-bond acceptors (Lipinski definition) is 8. The van der Waals surface area contributed by atoms with E-state index in [-0.39, 0.29) is 5.69 Å². The molecule has 0 N–H and O–H groups in total. The fourth-order valence-corrected chi connectivity index (χ4v) is 8.48. The van der Waals surface area contributed by atoms with Crippen molar-refractivity contribution in [1.82, 2.24) is 19.6 Å². The zero-order valence-corrected chi connectivity index (χ0v) is 31.9. The third-order valence-electron chi connectivity index (χ3n) is 9.61. The second-order valence-electron chi connectivity index (χ2n) is 16.1. The van der Waals surface area contributed by atoms with E-state index in [1.54, 1.807) is 12.3 Å². The monoisotopic (exact) mass is 677 g/mol. The topological polar surface area (TPSA) is 91.1 Å². The molecule has 3 aromatic rings. The number of hydrogen-bond donors (Lipinski definition) is 0. The summed E-state index contributed by atoms with van der Waals surface area (Å²) in [5.41, 5.74) is 5.86. The minimum absolute atomic E-state index is 0.265. The van der Waals surface area contributed by atoms with Crippen molar-refractivity contribution in [3.05, 3.63) is 48.1 Å². The quantitative estimate of drug-likeness (QED) is 0.0686. The van der Waals surface area contributed by atoms with Gasteiger partial charge in [0, 0.05) is 58.2 Å². The molecule has 3 aromatic heterocycles. The van der Waals surface area contributed by atoms with Gasteiger partial charge in [-0.15, -0.1) is 0 Å². The van der Waals surface area contributed by atoms with Crippen LogP contribution >= 0.6 is 0 Å². The minimum atomic E-state index is -1.27. The van der Waals surface area contributed by atoms with Gasteiger partial charge in [-0.25, -0.2) is 14.8 Å². The molecule has 3 heterocycles. The molecule has 9 nitrogen and oxygen atoms in total. The molecule has 1 unspecified atom stereocenters. The zero-order chi connectivity index (χ0) is 33.9. The van der Waals surface area contributed by atoms with Gasteiger partial charge in [0.2, 0.25) is 0 Å². The lowest BCUT2D eigenvalue weighted by molar-refractivity contribution is 0.0594. The Labute approximate surface area is 283 Å². The molecule has 2 aliphatic carbocycles. The number of fused-ring (bicyclic) bond motifs is 3. The molecule has 2 bridgehead atoms. The van der Waals surface area contributed by atoms with Crippen LogP contribution in [0, 0.1) is 11.8 Å². The molecule has 0 spiro atoms. The summed E-state index contributed by atoms with van der Waals surface area (Å²) in [5.74, 6) is 2.31. The van der Waals surface area contributed by atoms with Crippen molar-refractivity contribution in [2.45, 2.75) is 96.3 Å². The second kappa shape index (κ2) is 14.7. The number of rotatable bonds is 15. The van der Waals surface area contributed by atoms with Gasteiger partial charge in [-0.3, -0.25) is 0 Å². The highest BCUT2D eigenvalue weighted by Gasteiger charge is 2.38. The number of aromatic nitrogens is 4. The standard InChI is InChI=1S/C36H55N5O4Si2/c1-25(2)32-33(29-19-26-10-11-27(18-26)20-29)39-34-30(28-12-13-31(37-21-28)36(42)43-3)22-38-41(34)35(32)40(23-44-14-16-46(4,5)6)24-45-15-17-47(7,8)9/h12-13,21-22,26-27,29H,1,10-11,14-20,23-24H2,2-9H3/t26-,27+,29?. The van der Waals surface area contributed by atoms with Gasteiger partial charge in [-0.05, 0) is 61.7 Å². The van der Waals surface area contributed by atoms with Crippen molar-refractivity contribution in [2.75, 3.05) is 38.7 Å². The lowest BCUT2D eigenvalue weighted by atomic mass is 9.77. The van der Waals surface area contributed by atoms with Crippen LogP contribution in [0.1, 0.15) is 66.7 Å². The summed E-state index contributed by atoms with van der Waals surface area (Å²) >= 11 is 0. The van der Waals surface area contributed by atoms with Crippen LogP contribution in [0.2, 0.25) is 51.4 Å². The average Bonchev–Trinajstić information content (AvgIpc) is 3.59. The van der Waals surface area contributed by atoms with E-state index in [1.807, 2.05) is 16.8 Å². The Hall–Kier alpha value is -2.87. The Morgan fingerprint density at radius 3 is 2.09 bits per heavy atom. The minimum Gasteiger partial charge on any atom is -0.464 e. The van der Waals surface area contributed by atoms with Crippen LogP contribution < -0.4 is 4.90 Å². The maximum Gasteiger partial charge on any atom is 0.356 e. The Balaban J connectivity index is 1.62. The predicted octanol–water partition coefficient (Wildman–Crippen LogP) is 8.34. The molecular formula is C36H55N5O4Si2. The number of carbonyl (C=O) groups excluding carboxylic acids is 1. The van der Waals surface area contributed by atoms with E-state index in [2.05, 4.69) is 62.7 Å². The van der Waals surface area contributed by atoms with Crippen molar-refractivity contribution in [3.63, 3.8) is 0 Å². The average molecular weight is 678 g/mol. The highest BCUT2D eigenvalue weighted by molar-refractivity contribution is 6.76. The predicted molar refractivity (Wildman–Crippen MR) is 195 cm³/mol. The van der Waals surface area contributed by atoms with Crippen LogP contribution in [0.5, 0.6) is 0 Å². The molecule has 2 fully saturated rings. The Morgan fingerprint density at radius 2 is 1.57 bits per heavy atom. The lowest BCUT2D eigenvalue weighted by Gasteiger charge is -2.33. The van der Waals surface area contributed by atoms with Crippen LogP contribution in [0.4, 0.5) is 5.82 Å². The van der Waals surface area contributed by atoms with Gasteiger partial charge in [-0.1, -0.05) is 64.8 Å². The van der Waals surface area contributed by atoms with Gasteiger partial charge in [0.1, 0.15) is 25.0 Å². The van der Waals surface area contributed by atoms with Crippen LogP contribution in [-0.4, -0.2) is 75.5 Å². The maximum atomic E-state index is 12.1. The summed E-state index contributed by atoms with van der Waals surface area (Å²) in [6.07, 6.45) is 9.83.